The van der Waals surface area contributed by atoms with Gasteiger partial charge in [-0.2, -0.15) is 5.26 Å². The number of rotatable bonds is 6. The van der Waals surface area contributed by atoms with Gasteiger partial charge in [0.15, 0.2) is 0 Å². The van der Waals surface area contributed by atoms with Crippen molar-refractivity contribution in [3.63, 3.8) is 0 Å². The number of nitrogens with one attached hydrogen (secondary N) is 1. The monoisotopic (exact) mass is 293 g/mol. The fourth-order valence-electron chi connectivity index (χ4n) is 2.03. The van der Waals surface area contributed by atoms with Crippen LogP contribution in [0.2, 0.25) is 0 Å². The van der Waals surface area contributed by atoms with Crippen molar-refractivity contribution in [3.8, 4) is 6.07 Å². The number of carbonyl (C=O) groups is 2. The van der Waals surface area contributed by atoms with Gasteiger partial charge in [0, 0.05) is 5.56 Å². The second-order valence-corrected chi connectivity index (χ2v) is 4.82. The number of likely N-dealkylation sites (N-methyl/N-ethyl adjacent to an activating group) is 1. The van der Waals surface area contributed by atoms with E-state index in [4.69, 9.17) is 14.8 Å². The van der Waals surface area contributed by atoms with Crippen molar-refractivity contribution in [1.82, 2.24) is 4.90 Å². The molecule has 1 rings (SSSR count). The number of hydrogen-bond donors (Lipinski definition) is 2. The van der Waals surface area contributed by atoms with Crippen molar-refractivity contribution in [2.75, 3.05) is 18.9 Å². The van der Waals surface area contributed by atoms with E-state index in [0.717, 1.165) is 0 Å². The standard InChI is InChI=1S/C14H19N3O4/c1-5-11(14(19)20)17(4)7-12(18)16-13-10(6-15)8(2)9(3)21-13/h11H,5,7H2,1-4H3,(H,16,18)(H,19,20). The molecule has 0 aliphatic rings. The summed E-state index contributed by atoms with van der Waals surface area (Å²) < 4.78 is 5.33. The molecule has 0 aliphatic carbocycles. The van der Waals surface area contributed by atoms with E-state index in [1.54, 1.807) is 27.8 Å². The zero-order valence-electron chi connectivity index (χ0n) is 12.6. The molecule has 7 heteroatoms. The van der Waals surface area contributed by atoms with Gasteiger partial charge in [-0.15, -0.1) is 0 Å². The summed E-state index contributed by atoms with van der Waals surface area (Å²) in [5, 5.41) is 20.6. The summed E-state index contributed by atoms with van der Waals surface area (Å²) in [6.45, 7) is 5.07. The SMILES string of the molecule is CCC(C(=O)O)N(C)CC(=O)Nc1oc(C)c(C)c1C#N. The maximum atomic E-state index is 11.9. The molecule has 21 heavy (non-hydrogen) atoms. The van der Waals surface area contributed by atoms with Crippen LogP contribution in [0.15, 0.2) is 4.42 Å². The van der Waals surface area contributed by atoms with E-state index in [1.165, 1.54) is 4.90 Å². The number of amides is 1. The number of carboxylic acid groups (broad SMARTS) is 1. The summed E-state index contributed by atoms with van der Waals surface area (Å²) in [5.74, 6) is -0.737. The maximum Gasteiger partial charge on any atom is 0.320 e. The molecule has 114 valence electrons. The quantitative estimate of drug-likeness (QED) is 0.823. The van der Waals surface area contributed by atoms with E-state index in [9.17, 15) is 9.59 Å². The van der Waals surface area contributed by atoms with Gasteiger partial charge < -0.3 is 9.52 Å². The smallest absolute Gasteiger partial charge is 0.320 e. The van der Waals surface area contributed by atoms with E-state index < -0.39 is 17.9 Å². The van der Waals surface area contributed by atoms with Crippen molar-refractivity contribution >= 4 is 17.8 Å². The van der Waals surface area contributed by atoms with Crippen molar-refractivity contribution in [3.05, 3.63) is 16.9 Å². The Bertz CT molecular complexity index is 586. The van der Waals surface area contributed by atoms with Gasteiger partial charge in [-0.1, -0.05) is 6.92 Å². The number of aliphatic carboxylic acids is 1. The van der Waals surface area contributed by atoms with E-state index in [1.807, 2.05) is 6.07 Å². The van der Waals surface area contributed by atoms with Crippen LogP contribution in [-0.4, -0.2) is 41.5 Å². The minimum atomic E-state index is -0.977. The lowest BCUT2D eigenvalue weighted by Crippen LogP contribution is -2.42. The van der Waals surface area contributed by atoms with Crippen LogP contribution in [0.4, 0.5) is 5.88 Å². The number of nitrogens with zero attached hydrogens (tertiary/aromatic N) is 2. The van der Waals surface area contributed by atoms with Crippen LogP contribution in [0.5, 0.6) is 0 Å². The van der Waals surface area contributed by atoms with Crippen LogP contribution in [-0.2, 0) is 9.59 Å². The molecule has 0 radical (unpaired) electrons. The van der Waals surface area contributed by atoms with Gasteiger partial charge in [-0.05, 0) is 27.3 Å². The molecule has 1 aromatic rings. The van der Waals surface area contributed by atoms with Gasteiger partial charge in [0.25, 0.3) is 0 Å². The molecule has 0 saturated carbocycles. The molecule has 1 heterocycles. The molecule has 0 saturated heterocycles. The van der Waals surface area contributed by atoms with Crippen molar-refractivity contribution in [2.45, 2.75) is 33.2 Å². The largest absolute Gasteiger partial charge is 0.480 e. The van der Waals surface area contributed by atoms with E-state index in [-0.39, 0.29) is 18.0 Å². The number of hydrogen-bond acceptors (Lipinski definition) is 5. The van der Waals surface area contributed by atoms with Gasteiger partial charge in [0.05, 0.1) is 6.54 Å². The first kappa shape index (κ1) is 16.7. The van der Waals surface area contributed by atoms with Crippen LogP contribution in [0, 0.1) is 25.2 Å². The van der Waals surface area contributed by atoms with Gasteiger partial charge in [0.1, 0.15) is 23.4 Å². The molecule has 1 unspecified atom stereocenters. The Balaban J connectivity index is 2.77. The molecule has 7 nitrogen and oxygen atoms in total. The van der Waals surface area contributed by atoms with Crippen LogP contribution in [0.3, 0.4) is 0 Å². The first-order chi connectivity index (χ1) is 9.81. The Morgan fingerprint density at radius 1 is 1.48 bits per heavy atom. The summed E-state index contributed by atoms with van der Waals surface area (Å²) in [6.07, 6.45) is 0.390. The molecule has 0 fully saturated rings. The summed E-state index contributed by atoms with van der Waals surface area (Å²) in [6, 6.07) is 1.25. The predicted molar refractivity (Wildman–Crippen MR) is 75.9 cm³/mol. The number of carboxylic acids is 1. The van der Waals surface area contributed by atoms with E-state index >= 15 is 0 Å². The molecule has 0 spiro atoms. The molecule has 2 N–H and O–H groups in total. The van der Waals surface area contributed by atoms with Crippen LogP contribution in [0.1, 0.15) is 30.2 Å². The number of carbonyl (C=O) groups excluding carboxylic acids is 1. The van der Waals surface area contributed by atoms with Crippen LogP contribution in [0.25, 0.3) is 0 Å². The molecule has 1 amide bonds. The molecule has 0 aliphatic heterocycles. The lowest BCUT2D eigenvalue weighted by atomic mass is 10.2. The Kier molecular flexibility index (Phi) is 5.50. The fraction of sp³-hybridized carbons (Fsp3) is 0.500. The van der Waals surface area contributed by atoms with Gasteiger partial charge in [-0.3, -0.25) is 19.8 Å². The molecular formula is C14H19N3O4. The number of furan rings is 1. The van der Waals surface area contributed by atoms with Crippen molar-refractivity contribution in [2.24, 2.45) is 0 Å². The third-order valence-corrected chi connectivity index (χ3v) is 3.35. The average Bonchev–Trinajstić information content (AvgIpc) is 2.64. The minimum absolute atomic E-state index is 0.103. The average molecular weight is 293 g/mol. The van der Waals surface area contributed by atoms with Gasteiger partial charge >= 0.3 is 5.97 Å². The molecular weight excluding hydrogens is 274 g/mol. The summed E-state index contributed by atoms with van der Waals surface area (Å²) in [5.41, 5.74) is 0.965. The Morgan fingerprint density at radius 2 is 2.10 bits per heavy atom. The number of aryl methyl sites for hydroxylation is 1. The summed E-state index contributed by atoms with van der Waals surface area (Å²) in [7, 11) is 1.56. The first-order valence-electron chi connectivity index (χ1n) is 6.54. The zero-order valence-corrected chi connectivity index (χ0v) is 12.6. The maximum absolute atomic E-state index is 11.9. The van der Waals surface area contributed by atoms with Crippen molar-refractivity contribution in [1.29, 1.82) is 5.26 Å². The summed E-state index contributed by atoms with van der Waals surface area (Å²) in [4.78, 5) is 24.4. The third-order valence-electron chi connectivity index (χ3n) is 3.35. The normalized spacial score (nSPS) is 12.0. The number of anilines is 1. The van der Waals surface area contributed by atoms with Gasteiger partial charge in [0.2, 0.25) is 11.8 Å². The highest BCUT2D eigenvalue weighted by Gasteiger charge is 2.23. The van der Waals surface area contributed by atoms with Crippen LogP contribution < -0.4 is 5.32 Å². The fourth-order valence-corrected chi connectivity index (χ4v) is 2.03. The highest BCUT2D eigenvalue weighted by molar-refractivity contribution is 5.92. The molecule has 1 atom stereocenters. The first-order valence-corrected chi connectivity index (χ1v) is 6.54. The number of nitriles is 1. The van der Waals surface area contributed by atoms with E-state index in [0.29, 0.717) is 17.7 Å². The highest BCUT2D eigenvalue weighted by Crippen LogP contribution is 2.25. The lowest BCUT2D eigenvalue weighted by Gasteiger charge is -2.22. The predicted octanol–water partition coefficient (Wildman–Crippen LogP) is 1.50. The summed E-state index contributed by atoms with van der Waals surface area (Å²) >= 11 is 0. The molecule has 0 aromatic carbocycles. The topological polar surface area (TPSA) is 107 Å². The molecule has 1 aromatic heterocycles. The second-order valence-electron chi connectivity index (χ2n) is 4.82. The lowest BCUT2D eigenvalue weighted by molar-refractivity contribution is -0.143. The highest BCUT2D eigenvalue weighted by atomic mass is 16.4. The second kappa shape index (κ2) is 6.90. The Hall–Kier alpha value is -2.33. The third kappa shape index (κ3) is 3.83. The minimum Gasteiger partial charge on any atom is -0.480 e. The van der Waals surface area contributed by atoms with E-state index in [2.05, 4.69) is 5.32 Å². The van der Waals surface area contributed by atoms with Gasteiger partial charge in [-0.25, -0.2) is 0 Å². The zero-order chi connectivity index (χ0) is 16.2. The Morgan fingerprint density at radius 3 is 2.57 bits per heavy atom. The Labute approximate surface area is 123 Å². The molecule has 0 bridgehead atoms. The van der Waals surface area contributed by atoms with Crippen LogP contribution >= 0.6 is 0 Å². The van der Waals surface area contributed by atoms with Crippen molar-refractivity contribution < 1.29 is 19.1 Å².